The maximum absolute atomic E-state index is 17.3. The van der Waals surface area contributed by atoms with Crippen molar-refractivity contribution in [3.05, 3.63) is 23.8 Å². The van der Waals surface area contributed by atoms with Gasteiger partial charge in [-0.05, 0) is 57.6 Å². The van der Waals surface area contributed by atoms with Crippen molar-refractivity contribution in [1.82, 2.24) is 0 Å². The Balaban J connectivity index is 1.53. The Bertz CT molecular complexity index is 971. The summed E-state index contributed by atoms with van der Waals surface area (Å²) in [6.45, 7) is 6.64. The highest BCUT2D eigenvalue weighted by Crippen LogP contribution is 2.74. The Morgan fingerprint density at radius 2 is 1.94 bits per heavy atom. The van der Waals surface area contributed by atoms with E-state index in [-0.39, 0.29) is 18.1 Å². The number of fused-ring (bicyclic) bond motifs is 4. The van der Waals surface area contributed by atoms with E-state index in [0.717, 1.165) is 5.57 Å². The van der Waals surface area contributed by atoms with Crippen LogP contribution >= 0.6 is 0 Å². The van der Waals surface area contributed by atoms with Gasteiger partial charge in [0.1, 0.15) is 12.7 Å². The molecule has 6 nitrogen and oxygen atoms in total. The van der Waals surface area contributed by atoms with Crippen LogP contribution in [0, 0.1) is 22.7 Å². The lowest BCUT2D eigenvalue weighted by Gasteiger charge is -2.59. The molecule has 9 atom stereocenters. The molecule has 1 N–H and O–H groups in total. The minimum absolute atomic E-state index is 0.205. The molecule has 2 aliphatic heterocycles. The lowest BCUT2D eigenvalue weighted by molar-refractivity contribution is -0.231. The van der Waals surface area contributed by atoms with E-state index in [4.69, 9.17) is 14.2 Å². The quantitative estimate of drug-likeness (QED) is 0.722. The summed E-state index contributed by atoms with van der Waals surface area (Å²) in [6.07, 6.45) is 4.23. The first kappa shape index (κ1) is 20.2. The van der Waals surface area contributed by atoms with Gasteiger partial charge < -0.3 is 19.3 Å². The third-order valence-electron chi connectivity index (χ3n) is 9.58. The van der Waals surface area contributed by atoms with Crippen LogP contribution in [0.2, 0.25) is 0 Å². The maximum atomic E-state index is 17.3. The van der Waals surface area contributed by atoms with E-state index in [1.807, 2.05) is 19.9 Å². The van der Waals surface area contributed by atoms with Crippen molar-refractivity contribution in [1.29, 1.82) is 0 Å². The normalized spacial score (nSPS) is 55.5. The van der Waals surface area contributed by atoms with E-state index in [1.165, 1.54) is 6.08 Å². The molecule has 168 valence electrons. The van der Waals surface area contributed by atoms with E-state index < -0.39 is 64.5 Å². The van der Waals surface area contributed by atoms with Crippen molar-refractivity contribution in [3.63, 3.8) is 0 Å². The maximum Gasteiger partial charge on any atom is 0.193 e. The van der Waals surface area contributed by atoms with Gasteiger partial charge in [-0.2, -0.15) is 0 Å². The van der Waals surface area contributed by atoms with E-state index in [9.17, 15) is 14.7 Å². The van der Waals surface area contributed by atoms with Crippen molar-refractivity contribution in [3.8, 4) is 0 Å². The van der Waals surface area contributed by atoms with Crippen molar-refractivity contribution in [2.45, 2.75) is 82.3 Å². The van der Waals surface area contributed by atoms with Crippen LogP contribution in [0.25, 0.3) is 0 Å². The van der Waals surface area contributed by atoms with E-state index in [1.54, 1.807) is 19.9 Å². The van der Waals surface area contributed by atoms with Crippen LogP contribution in [0.4, 0.5) is 4.39 Å². The first-order valence-electron chi connectivity index (χ1n) is 11.2. The van der Waals surface area contributed by atoms with E-state index in [2.05, 4.69) is 0 Å². The fourth-order valence-corrected chi connectivity index (χ4v) is 8.41. The molecule has 0 amide bonds. The average molecular weight is 432 g/mol. The van der Waals surface area contributed by atoms with Gasteiger partial charge in [-0.3, -0.25) is 9.59 Å². The van der Waals surface area contributed by atoms with E-state index >= 15 is 4.39 Å². The average Bonchev–Trinajstić information content (AvgIpc) is 3.20. The molecule has 0 aromatic carbocycles. The number of hydrogen-bond donors (Lipinski definition) is 1. The molecule has 0 radical (unpaired) electrons. The summed E-state index contributed by atoms with van der Waals surface area (Å²) >= 11 is 0. The summed E-state index contributed by atoms with van der Waals surface area (Å²) in [5, 5.41) is 9.87. The molecule has 4 fully saturated rings. The Morgan fingerprint density at radius 1 is 1.19 bits per heavy atom. The fraction of sp³-hybridized carbons (Fsp3) is 0.750. The van der Waals surface area contributed by atoms with Gasteiger partial charge in [-0.25, -0.2) is 4.39 Å². The number of Topliss-reactive ketones (excluding diaryl/α,β-unsaturated/α-hetero) is 1. The van der Waals surface area contributed by atoms with Gasteiger partial charge in [-0.15, -0.1) is 0 Å². The van der Waals surface area contributed by atoms with E-state index in [0.29, 0.717) is 12.8 Å². The number of hydrogen-bond acceptors (Lipinski definition) is 6. The fourth-order valence-electron chi connectivity index (χ4n) is 8.41. The lowest BCUT2D eigenvalue weighted by Crippen LogP contribution is -2.68. The summed E-state index contributed by atoms with van der Waals surface area (Å²) < 4.78 is 36.0. The summed E-state index contributed by atoms with van der Waals surface area (Å²) in [6, 6.07) is 0. The Kier molecular flexibility index (Phi) is 3.62. The molecule has 0 aromatic heterocycles. The second-order valence-corrected chi connectivity index (χ2v) is 11.1. The lowest BCUT2D eigenvalue weighted by atomic mass is 9.45. The smallest absolute Gasteiger partial charge is 0.193 e. The van der Waals surface area contributed by atoms with Crippen LogP contribution in [0.1, 0.15) is 47.0 Å². The van der Waals surface area contributed by atoms with Crippen LogP contribution < -0.4 is 0 Å². The molecule has 6 rings (SSSR count). The Hall–Kier alpha value is -1.41. The van der Waals surface area contributed by atoms with Gasteiger partial charge in [0.05, 0.1) is 17.6 Å². The highest BCUT2D eigenvalue weighted by atomic mass is 19.1. The zero-order valence-electron chi connectivity index (χ0n) is 18.3. The molecular formula is C24H29FO6. The zero-order chi connectivity index (χ0) is 22.2. The number of carbonyl (C=O) groups is 2. The first-order chi connectivity index (χ1) is 14.5. The van der Waals surface area contributed by atoms with Gasteiger partial charge in [0, 0.05) is 11.3 Å². The van der Waals surface area contributed by atoms with Gasteiger partial charge in [0.25, 0.3) is 0 Å². The summed E-state index contributed by atoms with van der Waals surface area (Å²) in [5.74, 6) is -2.25. The molecule has 0 spiro atoms. The van der Waals surface area contributed by atoms with Crippen LogP contribution in [0.3, 0.4) is 0 Å². The standard InChI is InChI=1S/C24H29FO6/c1-20(2)30-17-9-14-13-7-5-12-6-8-15(27)19-22(12,4)23(13,25)18(29-19)10-21(14,3)24(17,31-20)16(28)11-26/h5-6,8,13-14,17-19,26H,7,9-11H2,1-4H3/t13-,14-,17+,18-,19+,21-,22-,23-,24+/m0/s1. The van der Waals surface area contributed by atoms with Crippen LogP contribution in [-0.4, -0.2) is 58.6 Å². The monoisotopic (exact) mass is 432 g/mol. The number of ether oxygens (including phenoxy) is 3. The van der Waals surface area contributed by atoms with Gasteiger partial charge in [0.2, 0.25) is 0 Å². The molecule has 6 aliphatic rings. The second kappa shape index (κ2) is 5.56. The Labute approximate surface area is 180 Å². The third-order valence-corrected chi connectivity index (χ3v) is 9.58. The zero-order valence-corrected chi connectivity index (χ0v) is 18.3. The number of aliphatic hydroxyl groups is 1. The first-order valence-corrected chi connectivity index (χ1v) is 11.2. The number of ketones is 2. The number of allylic oxidation sites excluding steroid dienone is 2. The molecule has 4 aliphatic carbocycles. The molecule has 31 heavy (non-hydrogen) atoms. The summed E-state index contributed by atoms with van der Waals surface area (Å²) in [5.41, 5.74) is -4.08. The van der Waals surface area contributed by atoms with Gasteiger partial charge in [0.15, 0.2) is 28.6 Å². The minimum Gasteiger partial charge on any atom is -0.388 e. The second-order valence-electron chi connectivity index (χ2n) is 11.1. The number of aliphatic hydroxyl groups excluding tert-OH is 1. The minimum atomic E-state index is -1.72. The molecule has 0 unspecified atom stereocenters. The number of alkyl halides is 1. The topological polar surface area (TPSA) is 82.1 Å². The van der Waals surface area contributed by atoms with Gasteiger partial charge in [-0.1, -0.05) is 19.1 Å². The molecule has 2 saturated carbocycles. The predicted molar refractivity (Wildman–Crippen MR) is 107 cm³/mol. The Morgan fingerprint density at radius 3 is 2.65 bits per heavy atom. The highest BCUT2D eigenvalue weighted by Gasteiger charge is 2.83. The van der Waals surface area contributed by atoms with Crippen LogP contribution in [0.15, 0.2) is 23.8 Å². The molecular weight excluding hydrogens is 403 g/mol. The summed E-state index contributed by atoms with van der Waals surface area (Å²) in [4.78, 5) is 26.0. The number of carbonyl (C=O) groups excluding carboxylic acids is 2. The van der Waals surface area contributed by atoms with Crippen LogP contribution in [-0.2, 0) is 23.8 Å². The van der Waals surface area contributed by atoms with Crippen molar-refractivity contribution >= 4 is 11.6 Å². The molecule has 2 saturated heterocycles. The largest absolute Gasteiger partial charge is 0.388 e. The predicted octanol–water partition coefficient (Wildman–Crippen LogP) is 2.44. The highest BCUT2D eigenvalue weighted by molar-refractivity contribution is 5.97. The number of halogens is 1. The molecule has 0 bridgehead atoms. The molecule has 2 heterocycles. The summed E-state index contributed by atoms with van der Waals surface area (Å²) in [7, 11) is 0. The van der Waals surface area contributed by atoms with Crippen molar-refractivity contribution < 1.29 is 33.3 Å². The van der Waals surface area contributed by atoms with Crippen molar-refractivity contribution in [2.24, 2.45) is 22.7 Å². The SMILES string of the molecule is CC1(C)O[C@@H]2C[C@H]3[C@@H]4CC=C5C=CC(=O)[C@H]6O[C@@H](C[C@]3(C)[C@]2(C(=O)CO)O1)[C@]4(F)[C@@]56C. The molecule has 0 aromatic rings. The number of rotatable bonds is 2. The van der Waals surface area contributed by atoms with Crippen molar-refractivity contribution in [2.75, 3.05) is 6.61 Å². The van der Waals surface area contributed by atoms with Gasteiger partial charge >= 0.3 is 0 Å². The third kappa shape index (κ3) is 1.92. The molecule has 7 heteroatoms. The van der Waals surface area contributed by atoms with Crippen LogP contribution in [0.5, 0.6) is 0 Å².